The highest BCUT2D eigenvalue weighted by molar-refractivity contribution is 6.03. The maximum atomic E-state index is 15.0. The molecule has 6 atom stereocenters. The molecule has 0 bridgehead atoms. The zero-order valence-corrected chi connectivity index (χ0v) is 43.6. The molecule has 3 aromatic rings. The number of aliphatic hydroxyl groups is 2. The molecule has 0 radical (unpaired) electrons. The van der Waals surface area contributed by atoms with Gasteiger partial charge in [-0.05, 0) is 124 Å². The van der Waals surface area contributed by atoms with E-state index < -0.39 is 35.3 Å². The molecular weight excluding hydrogens is 916 g/mol. The average molecular weight is 997 g/mol. The molecular formula is C59H81FN2O10. The van der Waals surface area contributed by atoms with Gasteiger partial charge in [-0.3, -0.25) is 9.69 Å². The SMILES string of the molecule is C=CCOC12Oc3ccc(Oc4ccc(OC)c(C=O)c4)cc3C3C(CCCCO)C(CCCCO)C=C(C(=NOC(C)(C)C)CC1N(Cc1ccc(F)cc1)C(=O)OCCCCCCCCCCCC)C32. The molecule has 12 nitrogen and oxygen atoms in total. The van der Waals surface area contributed by atoms with Crippen LogP contribution in [-0.2, 0) is 20.9 Å². The van der Waals surface area contributed by atoms with Gasteiger partial charge in [-0.1, -0.05) is 107 Å². The molecule has 0 aromatic heterocycles. The van der Waals surface area contributed by atoms with Crippen molar-refractivity contribution in [3.63, 3.8) is 0 Å². The lowest BCUT2D eigenvalue weighted by molar-refractivity contribution is -0.256. The summed E-state index contributed by atoms with van der Waals surface area (Å²) in [7, 11) is 1.51. The van der Waals surface area contributed by atoms with E-state index in [-0.39, 0.29) is 57.1 Å². The van der Waals surface area contributed by atoms with Gasteiger partial charge < -0.3 is 38.7 Å². The topological polar surface area (TPSA) is 146 Å². The van der Waals surface area contributed by atoms with E-state index in [2.05, 4.69) is 19.6 Å². The van der Waals surface area contributed by atoms with Gasteiger partial charge in [0.05, 0.1) is 37.5 Å². The molecule has 1 amide bonds. The van der Waals surface area contributed by atoms with Crippen LogP contribution in [0.1, 0.15) is 164 Å². The van der Waals surface area contributed by atoms with Crippen molar-refractivity contribution in [2.45, 2.75) is 167 Å². The van der Waals surface area contributed by atoms with Gasteiger partial charge in [0.2, 0.25) is 5.79 Å². The number of allylic oxidation sites excluding steroid dienone is 1. The molecule has 72 heavy (non-hydrogen) atoms. The Hall–Kier alpha value is -5.24. The van der Waals surface area contributed by atoms with Crippen LogP contribution < -0.4 is 14.2 Å². The highest BCUT2D eigenvalue weighted by Gasteiger charge is 2.66. The van der Waals surface area contributed by atoms with Crippen LogP contribution in [0.3, 0.4) is 0 Å². The molecule has 1 saturated carbocycles. The molecule has 2 aliphatic carbocycles. The van der Waals surface area contributed by atoms with Crippen LogP contribution in [0.5, 0.6) is 23.0 Å². The third-order valence-electron chi connectivity index (χ3n) is 14.2. The van der Waals surface area contributed by atoms with Gasteiger partial charge in [0.1, 0.15) is 40.5 Å². The highest BCUT2D eigenvalue weighted by atomic mass is 19.1. The first kappa shape index (κ1) is 56.1. The third-order valence-corrected chi connectivity index (χ3v) is 14.2. The van der Waals surface area contributed by atoms with Gasteiger partial charge in [0.25, 0.3) is 0 Å². The smallest absolute Gasteiger partial charge is 0.410 e. The lowest BCUT2D eigenvalue weighted by atomic mass is 9.55. The number of nitrogens with zero attached hydrogens (tertiary/aromatic N) is 2. The number of rotatable bonds is 30. The fourth-order valence-electron chi connectivity index (χ4n) is 10.8. The molecule has 1 aliphatic heterocycles. The Labute approximate surface area is 427 Å². The summed E-state index contributed by atoms with van der Waals surface area (Å²) in [6.07, 6.45) is 20.1. The average Bonchev–Trinajstić information content (AvgIpc) is 3.37. The standard InChI is InChI=1S/C59H81FN2O10/c1-7-9-10-11-12-13-14-15-16-21-35-68-57(66)62(40-42-24-26-45(60)27-25-42)54-39-51(61-72-58(3,4)5)49-37-43(22-17-19-32-63)48(23-18-20-33-64)55-50-38-47(70-46-28-30-52(67-6)44(36-46)41-65)29-31-53(50)71-59(54,56(49)55)69-34-8-2/h8,24-31,36-38,41,43,48,54-56,63-64H,2,7,9-23,32-35,39-40H2,1,3-6H3. The van der Waals surface area contributed by atoms with Crippen molar-refractivity contribution < 1.29 is 52.7 Å². The van der Waals surface area contributed by atoms with E-state index in [1.807, 2.05) is 39.0 Å². The number of halogens is 1. The second-order valence-electron chi connectivity index (χ2n) is 20.7. The predicted molar refractivity (Wildman–Crippen MR) is 279 cm³/mol. The normalized spacial score (nSPS) is 21.7. The molecule has 1 heterocycles. The van der Waals surface area contributed by atoms with Gasteiger partial charge in [-0.15, -0.1) is 6.58 Å². The van der Waals surface area contributed by atoms with Crippen molar-refractivity contribution in [1.82, 2.24) is 4.90 Å². The van der Waals surface area contributed by atoms with Crippen molar-refractivity contribution in [3.05, 3.63) is 107 Å². The summed E-state index contributed by atoms with van der Waals surface area (Å²) in [4.78, 5) is 35.1. The van der Waals surface area contributed by atoms with Gasteiger partial charge in [0.15, 0.2) is 6.29 Å². The number of fused-ring (bicyclic) bond motifs is 2. The summed E-state index contributed by atoms with van der Waals surface area (Å²) < 4.78 is 47.3. The maximum absolute atomic E-state index is 15.0. The minimum absolute atomic E-state index is 0.00795. The maximum Gasteiger partial charge on any atom is 0.410 e. The Morgan fingerprint density at radius 3 is 2.21 bits per heavy atom. The lowest BCUT2D eigenvalue weighted by Gasteiger charge is -2.60. The minimum Gasteiger partial charge on any atom is -0.496 e. The van der Waals surface area contributed by atoms with Crippen LogP contribution in [0, 0.1) is 23.6 Å². The zero-order valence-electron chi connectivity index (χ0n) is 43.6. The predicted octanol–water partition coefficient (Wildman–Crippen LogP) is 13.4. The summed E-state index contributed by atoms with van der Waals surface area (Å²) in [5, 5.41) is 25.1. The van der Waals surface area contributed by atoms with Crippen LogP contribution >= 0.6 is 0 Å². The van der Waals surface area contributed by atoms with Gasteiger partial charge in [-0.2, -0.15) is 0 Å². The molecule has 6 rings (SSSR count). The second kappa shape index (κ2) is 27.7. The Morgan fingerprint density at radius 2 is 1.56 bits per heavy atom. The number of carbonyl (C=O) groups excluding carboxylic acids is 2. The lowest BCUT2D eigenvalue weighted by Crippen LogP contribution is -2.70. The molecule has 394 valence electrons. The van der Waals surface area contributed by atoms with Gasteiger partial charge in [0, 0.05) is 37.7 Å². The molecule has 2 N–H and O–H groups in total. The van der Waals surface area contributed by atoms with Crippen LogP contribution in [0.2, 0.25) is 0 Å². The first-order chi connectivity index (χ1) is 34.9. The van der Waals surface area contributed by atoms with E-state index >= 15 is 4.79 Å². The number of unbranched alkanes of at least 4 members (excludes halogenated alkanes) is 11. The number of benzene rings is 3. The fraction of sp³-hybridized carbons (Fsp3) is 0.576. The monoisotopic (exact) mass is 997 g/mol. The Balaban J connectivity index is 1.49. The van der Waals surface area contributed by atoms with Crippen LogP contribution in [0.15, 0.2) is 90.1 Å². The van der Waals surface area contributed by atoms with E-state index in [4.69, 9.17) is 33.7 Å². The van der Waals surface area contributed by atoms with Gasteiger partial charge in [-0.25, -0.2) is 9.18 Å². The van der Waals surface area contributed by atoms with E-state index in [1.54, 1.807) is 41.3 Å². The number of oxime groups is 1. The molecule has 1 fully saturated rings. The summed E-state index contributed by atoms with van der Waals surface area (Å²) in [5.74, 6) is -0.910. The van der Waals surface area contributed by atoms with E-state index in [0.29, 0.717) is 59.1 Å². The van der Waals surface area contributed by atoms with Crippen molar-refractivity contribution in [1.29, 1.82) is 0 Å². The van der Waals surface area contributed by atoms with Crippen molar-refractivity contribution in [2.75, 3.05) is 33.5 Å². The first-order valence-electron chi connectivity index (χ1n) is 26.7. The van der Waals surface area contributed by atoms with Crippen LogP contribution in [-0.4, -0.2) is 84.2 Å². The fourth-order valence-corrected chi connectivity index (χ4v) is 10.8. The summed E-state index contributed by atoms with van der Waals surface area (Å²) in [6.45, 7) is 12.6. The summed E-state index contributed by atoms with van der Waals surface area (Å²) in [6, 6.07) is 16.1. The van der Waals surface area contributed by atoms with Gasteiger partial charge >= 0.3 is 6.09 Å². The van der Waals surface area contributed by atoms with E-state index in [0.717, 1.165) is 62.4 Å². The van der Waals surface area contributed by atoms with Crippen molar-refractivity contribution >= 4 is 18.1 Å². The number of amides is 1. The zero-order chi connectivity index (χ0) is 51.5. The number of ether oxygens (including phenoxy) is 5. The summed E-state index contributed by atoms with van der Waals surface area (Å²) >= 11 is 0. The highest BCUT2D eigenvalue weighted by Crippen LogP contribution is 2.62. The van der Waals surface area contributed by atoms with E-state index in [9.17, 15) is 19.4 Å². The number of hydrogen-bond acceptors (Lipinski definition) is 11. The molecule has 6 unspecified atom stereocenters. The number of aldehydes is 1. The van der Waals surface area contributed by atoms with Crippen molar-refractivity contribution in [3.8, 4) is 23.0 Å². The molecule has 3 aliphatic rings. The number of methoxy groups -OCH3 is 1. The number of carbonyl (C=O) groups is 2. The molecule has 13 heteroatoms. The quantitative estimate of drug-likeness (QED) is 0.0286. The third kappa shape index (κ3) is 14.7. The van der Waals surface area contributed by atoms with E-state index in [1.165, 1.54) is 57.8 Å². The summed E-state index contributed by atoms with van der Waals surface area (Å²) in [5.41, 5.74) is 2.79. The second-order valence-corrected chi connectivity index (χ2v) is 20.7. The first-order valence-corrected chi connectivity index (χ1v) is 26.7. The molecule has 0 saturated heterocycles. The Morgan fingerprint density at radius 1 is 0.889 bits per heavy atom. The Kier molecular flexibility index (Phi) is 21.6. The minimum atomic E-state index is -1.54. The molecule has 3 aromatic carbocycles. The number of hydrogen-bond donors (Lipinski definition) is 2. The number of aliphatic hydroxyl groups excluding tert-OH is 2. The Bertz CT molecular complexity index is 2260. The largest absolute Gasteiger partial charge is 0.496 e. The van der Waals surface area contributed by atoms with Crippen LogP contribution in [0.25, 0.3) is 0 Å². The van der Waals surface area contributed by atoms with Crippen molar-refractivity contribution in [2.24, 2.45) is 22.9 Å². The van der Waals surface area contributed by atoms with Crippen LogP contribution in [0.4, 0.5) is 9.18 Å². The molecule has 0 spiro atoms.